The Morgan fingerprint density at radius 3 is 2.68 bits per heavy atom. The molecule has 1 saturated heterocycles. The zero-order valence-electron chi connectivity index (χ0n) is 14.8. The van der Waals surface area contributed by atoms with Gasteiger partial charge in [0.15, 0.2) is 5.82 Å². The monoisotopic (exact) mass is 339 g/mol. The Balaban J connectivity index is 1.30. The molecule has 1 fully saturated rings. The van der Waals surface area contributed by atoms with Gasteiger partial charge < -0.3 is 9.42 Å². The number of hydrogen-bond donors (Lipinski definition) is 0. The first kappa shape index (κ1) is 16.3. The molecule has 25 heavy (non-hydrogen) atoms. The van der Waals surface area contributed by atoms with E-state index in [1.165, 1.54) is 11.1 Å². The summed E-state index contributed by atoms with van der Waals surface area (Å²) in [6, 6.07) is 8.65. The first-order valence-electron chi connectivity index (χ1n) is 9.34. The predicted molar refractivity (Wildman–Crippen MR) is 94.2 cm³/mol. The van der Waals surface area contributed by atoms with Crippen molar-refractivity contribution in [2.75, 3.05) is 13.1 Å². The van der Waals surface area contributed by atoms with Gasteiger partial charge in [0.2, 0.25) is 11.8 Å². The molecule has 132 valence electrons. The molecule has 0 bridgehead atoms. The molecule has 1 aromatic carbocycles. The molecular weight excluding hydrogens is 314 g/mol. The van der Waals surface area contributed by atoms with Gasteiger partial charge in [-0.25, -0.2) is 0 Å². The van der Waals surface area contributed by atoms with Crippen molar-refractivity contribution in [1.82, 2.24) is 15.0 Å². The van der Waals surface area contributed by atoms with E-state index in [4.69, 9.17) is 4.52 Å². The van der Waals surface area contributed by atoms with Crippen molar-refractivity contribution in [1.29, 1.82) is 0 Å². The van der Waals surface area contributed by atoms with Crippen LogP contribution in [0.5, 0.6) is 0 Å². The number of nitrogens with zero attached hydrogens (tertiary/aromatic N) is 3. The molecule has 1 aliphatic heterocycles. The summed E-state index contributed by atoms with van der Waals surface area (Å²) in [5, 5.41) is 3.88. The van der Waals surface area contributed by atoms with Gasteiger partial charge in [-0.05, 0) is 56.1 Å². The third kappa shape index (κ3) is 3.60. The summed E-state index contributed by atoms with van der Waals surface area (Å²) in [5.41, 5.74) is 2.89. The molecule has 0 spiro atoms. The number of aromatic nitrogens is 2. The van der Waals surface area contributed by atoms with Gasteiger partial charge in [-0.2, -0.15) is 4.98 Å². The Kier molecular flexibility index (Phi) is 4.55. The lowest BCUT2D eigenvalue weighted by Gasteiger charge is -2.32. The summed E-state index contributed by atoms with van der Waals surface area (Å²) < 4.78 is 5.29. The molecule has 1 unspecified atom stereocenters. The fourth-order valence-electron chi connectivity index (χ4n) is 4.18. The normalized spacial score (nSPS) is 21.2. The fraction of sp³-hybridized carbons (Fsp3) is 0.550. The maximum Gasteiger partial charge on any atom is 0.229 e. The maximum absolute atomic E-state index is 12.7. The van der Waals surface area contributed by atoms with E-state index in [0.29, 0.717) is 30.0 Å². The molecule has 5 nitrogen and oxygen atoms in total. The number of benzene rings is 1. The standard InChI is InChI=1S/C20H25N3O2/c1-14-21-20(25-22-14)17-8-10-23(11-9-17)19(24)13-15-6-7-16-4-2-3-5-18(16)12-15/h2-5,15,17H,6-13H2,1H3. The smallest absolute Gasteiger partial charge is 0.229 e. The number of fused-ring (bicyclic) bond motifs is 1. The van der Waals surface area contributed by atoms with E-state index in [-0.39, 0.29) is 0 Å². The van der Waals surface area contributed by atoms with Gasteiger partial charge in [-0.3, -0.25) is 4.79 Å². The van der Waals surface area contributed by atoms with Gasteiger partial charge in [0, 0.05) is 25.4 Å². The first-order chi connectivity index (χ1) is 12.2. The Labute approximate surface area is 148 Å². The van der Waals surface area contributed by atoms with E-state index in [1.54, 1.807) is 0 Å². The summed E-state index contributed by atoms with van der Waals surface area (Å²) in [6.45, 7) is 3.44. The molecule has 0 saturated carbocycles. The third-order valence-electron chi connectivity index (χ3n) is 5.65. The van der Waals surface area contributed by atoms with Crippen molar-refractivity contribution in [2.24, 2.45) is 5.92 Å². The van der Waals surface area contributed by atoms with Crippen LogP contribution in [0.1, 0.15) is 54.4 Å². The second kappa shape index (κ2) is 6.98. The number of carbonyl (C=O) groups excluding carboxylic acids is 1. The van der Waals surface area contributed by atoms with Gasteiger partial charge in [0.05, 0.1) is 0 Å². The lowest BCUT2D eigenvalue weighted by molar-refractivity contribution is -0.133. The summed E-state index contributed by atoms with van der Waals surface area (Å²) in [6.07, 6.45) is 5.78. The van der Waals surface area contributed by atoms with Crippen LogP contribution in [0.3, 0.4) is 0 Å². The van der Waals surface area contributed by atoms with Crippen LogP contribution in [-0.2, 0) is 17.6 Å². The number of amides is 1. The Bertz CT molecular complexity index is 747. The highest BCUT2D eigenvalue weighted by Crippen LogP contribution is 2.30. The molecule has 1 aromatic heterocycles. The summed E-state index contributed by atoms with van der Waals surface area (Å²) in [4.78, 5) is 19.1. The van der Waals surface area contributed by atoms with Crippen LogP contribution in [0.25, 0.3) is 0 Å². The number of hydrogen-bond acceptors (Lipinski definition) is 4. The molecule has 1 amide bonds. The van der Waals surface area contributed by atoms with Crippen LogP contribution < -0.4 is 0 Å². The minimum atomic E-state index is 0.298. The maximum atomic E-state index is 12.7. The van der Waals surface area contributed by atoms with Gasteiger partial charge >= 0.3 is 0 Å². The van der Waals surface area contributed by atoms with Crippen molar-refractivity contribution < 1.29 is 9.32 Å². The topological polar surface area (TPSA) is 59.2 Å². The van der Waals surface area contributed by atoms with Gasteiger partial charge in [0.1, 0.15) is 0 Å². The van der Waals surface area contributed by atoms with Crippen LogP contribution in [0, 0.1) is 12.8 Å². The van der Waals surface area contributed by atoms with E-state index >= 15 is 0 Å². The van der Waals surface area contributed by atoms with Crippen LogP contribution >= 0.6 is 0 Å². The van der Waals surface area contributed by atoms with Crippen molar-refractivity contribution in [3.8, 4) is 0 Å². The zero-order chi connectivity index (χ0) is 17.2. The minimum absolute atomic E-state index is 0.298. The molecule has 4 rings (SSSR count). The van der Waals surface area contributed by atoms with Crippen molar-refractivity contribution >= 4 is 5.91 Å². The quantitative estimate of drug-likeness (QED) is 0.861. The van der Waals surface area contributed by atoms with Gasteiger partial charge in [-0.15, -0.1) is 0 Å². The van der Waals surface area contributed by atoms with E-state index < -0.39 is 0 Å². The van der Waals surface area contributed by atoms with Crippen LogP contribution in [0.4, 0.5) is 0 Å². The molecule has 0 radical (unpaired) electrons. The van der Waals surface area contributed by atoms with Gasteiger partial charge in [-0.1, -0.05) is 29.4 Å². The van der Waals surface area contributed by atoms with Crippen molar-refractivity contribution in [2.45, 2.75) is 51.4 Å². The number of likely N-dealkylation sites (tertiary alicyclic amines) is 1. The number of piperidine rings is 1. The number of rotatable bonds is 3. The second-order valence-corrected chi connectivity index (χ2v) is 7.42. The highest BCUT2D eigenvalue weighted by atomic mass is 16.5. The average Bonchev–Trinajstić information content (AvgIpc) is 3.08. The summed E-state index contributed by atoms with van der Waals surface area (Å²) >= 11 is 0. The molecular formula is C20H25N3O2. The molecule has 2 heterocycles. The summed E-state index contributed by atoms with van der Waals surface area (Å²) in [7, 11) is 0. The predicted octanol–water partition coefficient (Wildman–Crippen LogP) is 3.28. The Hall–Kier alpha value is -2.17. The molecule has 2 aliphatic rings. The first-order valence-corrected chi connectivity index (χ1v) is 9.34. The van der Waals surface area contributed by atoms with Crippen LogP contribution in [-0.4, -0.2) is 34.0 Å². The molecule has 2 aromatic rings. The van der Waals surface area contributed by atoms with Gasteiger partial charge in [0.25, 0.3) is 0 Å². The van der Waals surface area contributed by atoms with Crippen molar-refractivity contribution in [3.05, 3.63) is 47.1 Å². The minimum Gasteiger partial charge on any atom is -0.343 e. The van der Waals surface area contributed by atoms with E-state index in [0.717, 1.165) is 51.1 Å². The highest BCUT2D eigenvalue weighted by Gasteiger charge is 2.29. The SMILES string of the molecule is Cc1noc(C2CCN(C(=O)CC3CCc4ccccc4C3)CC2)n1. The molecule has 1 aliphatic carbocycles. The lowest BCUT2D eigenvalue weighted by atomic mass is 9.82. The average molecular weight is 339 g/mol. The second-order valence-electron chi connectivity index (χ2n) is 7.42. The third-order valence-corrected chi connectivity index (χ3v) is 5.65. The van der Waals surface area contributed by atoms with Crippen molar-refractivity contribution in [3.63, 3.8) is 0 Å². The fourth-order valence-corrected chi connectivity index (χ4v) is 4.18. The molecule has 5 heteroatoms. The molecule has 0 N–H and O–H groups in total. The zero-order valence-corrected chi connectivity index (χ0v) is 14.8. The molecule has 1 atom stereocenters. The largest absolute Gasteiger partial charge is 0.343 e. The number of aryl methyl sites for hydroxylation is 2. The highest BCUT2D eigenvalue weighted by molar-refractivity contribution is 5.76. The van der Waals surface area contributed by atoms with E-state index in [2.05, 4.69) is 34.4 Å². The lowest BCUT2D eigenvalue weighted by Crippen LogP contribution is -2.39. The summed E-state index contributed by atoms with van der Waals surface area (Å²) in [5.74, 6) is 2.51. The van der Waals surface area contributed by atoms with Crippen LogP contribution in [0.15, 0.2) is 28.8 Å². The Morgan fingerprint density at radius 1 is 1.20 bits per heavy atom. The Morgan fingerprint density at radius 2 is 1.96 bits per heavy atom. The van der Waals surface area contributed by atoms with Crippen LogP contribution in [0.2, 0.25) is 0 Å². The van der Waals surface area contributed by atoms with E-state index in [9.17, 15) is 4.79 Å². The number of carbonyl (C=O) groups is 1. The van der Waals surface area contributed by atoms with E-state index in [1.807, 2.05) is 11.8 Å².